The van der Waals surface area contributed by atoms with Crippen molar-refractivity contribution in [3.63, 3.8) is 0 Å². The first-order chi connectivity index (χ1) is 15.8. The fourth-order valence-electron chi connectivity index (χ4n) is 6.87. The molecule has 0 saturated heterocycles. The number of anilines is 2. The van der Waals surface area contributed by atoms with Gasteiger partial charge < -0.3 is 5.32 Å². The first-order valence-electron chi connectivity index (χ1n) is 11.7. The van der Waals surface area contributed by atoms with E-state index in [2.05, 4.69) is 41.2 Å². The molecule has 0 spiro atoms. The highest BCUT2D eigenvalue weighted by atomic mass is 16.1. The van der Waals surface area contributed by atoms with E-state index < -0.39 is 0 Å². The molecule has 0 amide bonds. The molecule has 2 bridgehead atoms. The number of nitrogens with zero attached hydrogens (tertiary/aromatic N) is 5. The van der Waals surface area contributed by atoms with Gasteiger partial charge in [-0.1, -0.05) is 20.8 Å². The number of ketones is 1. The zero-order chi connectivity index (χ0) is 22.8. The maximum Gasteiger partial charge on any atom is 0.227 e. The van der Waals surface area contributed by atoms with Crippen molar-refractivity contribution in [1.29, 1.82) is 0 Å². The second-order valence-corrected chi connectivity index (χ2v) is 10.6. The number of fused-ring (bicyclic) bond motifs is 3. The van der Waals surface area contributed by atoms with E-state index in [9.17, 15) is 4.79 Å². The van der Waals surface area contributed by atoms with Crippen LogP contribution in [-0.4, -0.2) is 31.7 Å². The Kier molecular flexibility index (Phi) is 4.34. The molecule has 2 fully saturated rings. The van der Waals surface area contributed by atoms with Crippen LogP contribution in [0.2, 0.25) is 0 Å². The predicted molar refractivity (Wildman–Crippen MR) is 127 cm³/mol. The van der Waals surface area contributed by atoms with Crippen LogP contribution in [0.3, 0.4) is 0 Å². The van der Waals surface area contributed by atoms with Crippen LogP contribution < -0.4 is 5.32 Å². The lowest BCUT2D eigenvalue weighted by Crippen LogP contribution is -2.43. The van der Waals surface area contributed by atoms with E-state index in [0.717, 1.165) is 17.1 Å². The number of nitrogens with one attached hydrogen (secondary N) is 1. The van der Waals surface area contributed by atoms with Crippen LogP contribution in [0.25, 0.3) is 5.69 Å². The van der Waals surface area contributed by atoms with E-state index in [-0.39, 0.29) is 28.4 Å². The molecule has 3 heterocycles. The van der Waals surface area contributed by atoms with Crippen LogP contribution in [0.1, 0.15) is 51.6 Å². The van der Waals surface area contributed by atoms with Gasteiger partial charge >= 0.3 is 0 Å². The third-order valence-electron chi connectivity index (χ3n) is 8.34. The van der Waals surface area contributed by atoms with Crippen molar-refractivity contribution in [2.24, 2.45) is 27.7 Å². The fraction of sp³-hybridized carbons (Fsp3) is 0.423. The zero-order valence-corrected chi connectivity index (χ0v) is 19.2. The smallest absolute Gasteiger partial charge is 0.227 e. The molecular formula is C26H28N6O. The standard InChI is InChI=1S/C26H28N6O/c1-25(2)16-9-10-26(3,13-16)23(25)21-20(33)15-27-19-14-28-24(31-22(19)21)30-17-5-7-18(8-6-17)32-12-4-11-29-32/h4-8,11-12,14-16,21,23H,9-10,13H2,1-3H3,(H,28,30,31). The van der Waals surface area contributed by atoms with Crippen LogP contribution in [0.4, 0.5) is 17.3 Å². The Morgan fingerprint density at radius 1 is 1.15 bits per heavy atom. The highest BCUT2D eigenvalue weighted by Gasteiger charge is 2.63. The van der Waals surface area contributed by atoms with Gasteiger partial charge in [-0.15, -0.1) is 0 Å². The number of Topliss-reactive ketones (excluding diaryl/α,β-unsaturated/α-hetero) is 1. The van der Waals surface area contributed by atoms with Gasteiger partial charge in [0.15, 0.2) is 5.78 Å². The molecule has 0 radical (unpaired) electrons. The summed E-state index contributed by atoms with van der Waals surface area (Å²) < 4.78 is 1.81. The molecule has 3 aliphatic rings. The Morgan fingerprint density at radius 2 is 1.97 bits per heavy atom. The largest absolute Gasteiger partial charge is 0.324 e. The fourth-order valence-corrected chi connectivity index (χ4v) is 6.87. The molecule has 2 saturated carbocycles. The highest BCUT2D eigenvalue weighted by molar-refractivity contribution is 6.31. The molecule has 7 nitrogen and oxygen atoms in total. The number of rotatable bonds is 4. The molecule has 1 N–H and O–H groups in total. The summed E-state index contributed by atoms with van der Waals surface area (Å²) in [6.07, 6.45) is 10.5. The van der Waals surface area contributed by atoms with Crippen molar-refractivity contribution in [1.82, 2.24) is 19.7 Å². The first kappa shape index (κ1) is 20.3. The zero-order valence-electron chi connectivity index (χ0n) is 19.2. The summed E-state index contributed by atoms with van der Waals surface area (Å²) in [4.78, 5) is 27.0. The van der Waals surface area contributed by atoms with Crippen LogP contribution in [-0.2, 0) is 4.79 Å². The maximum atomic E-state index is 13.2. The highest BCUT2D eigenvalue weighted by Crippen LogP contribution is 2.69. The molecule has 7 heteroatoms. The Balaban J connectivity index is 1.33. The number of carbonyl (C=O) groups is 1. The van der Waals surface area contributed by atoms with Gasteiger partial charge in [0.2, 0.25) is 5.95 Å². The molecule has 4 atom stereocenters. The Hall–Kier alpha value is -3.35. The molecule has 1 aromatic carbocycles. The van der Waals surface area contributed by atoms with E-state index in [1.807, 2.05) is 41.2 Å². The second-order valence-electron chi connectivity index (χ2n) is 10.6. The Bertz CT molecular complexity index is 1240. The van der Waals surface area contributed by atoms with Crippen LogP contribution in [0.5, 0.6) is 0 Å². The van der Waals surface area contributed by atoms with Gasteiger partial charge in [0.25, 0.3) is 0 Å². The van der Waals surface area contributed by atoms with Crippen LogP contribution in [0, 0.1) is 22.7 Å². The summed E-state index contributed by atoms with van der Waals surface area (Å²) in [7, 11) is 0. The summed E-state index contributed by atoms with van der Waals surface area (Å²) >= 11 is 0. The van der Waals surface area contributed by atoms with Crippen molar-refractivity contribution in [2.45, 2.75) is 46.0 Å². The van der Waals surface area contributed by atoms with Crippen molar-refractivity contribution < 1.29 is 4.79 Å². The van der Waals surface area contributed by atoms with E-state index >= 15 is 0 Å². The summed E-state index contributed by atoms with van der Waals surface area (Å²) in [5.74, 6) is 1.20. The number of aromatic nitrogens is 4. The number of hydrogen-bond acceptors (Lipinski definition) is 6. The van der Waals surface area contributed by atoms with Crippen LogP contribution in [0.15, 0.2) is 53.9 Å². The third-order valence-corrected chi connectivity index (χ3v) is 8.34. The van der Waals surface area contributed by atoms with E-state index in [1.165, 1.54) is 25.5 Å². The molecule has 2 aromatic heterocycles. The number of benzene rings is 1. The van der Waals surface area contributed by atoms with E-state index in [0.29, 0.717) is 17.6 Å². The van der Waals surface area contributed by atoms with Gasteiger partial charge in [0.05, 0.1) is 29.7 Å². The van der Waals surface area contributed by atoms with Gasteiger partial charge in [-0.25, -0.2) is 19.6 Å². The quantitative estimate of drug-likeness (QED) is 0.600. The number of carbonyl (C=O) groups excluding carboxylic acids is 1. The van der Waals surface area contributed by atoms with Gasteiger partial charge in [0, 0.05) is 18.1 Å². The minimum Gasteiger partial charge on any atom is -0.324 e. The maximum absolute atomic E-state index is 13.2. The molecule has 3 aromatic rings. The molecule has 2 aliphatic carbocycles. The second kappa shape index (κ2) is 7.07. The van der Waals surface area contributed by atoms with Crippen molar-refractivity contribution in [3.8, 4) is 5.69 Å². The SMILES string of the molecule is CC12CCC(C1)C(C)(C)C2C1C(=O)C=Nc2cnc(Nc3ccc(-n4cccn4)cc3)nc21. The average molecular weight is 441 g/mol. The Morgan fingerprint density at radius 3 is 2.67 bits per heavy atom. The molecule has 168 valence electrons. The minimum atomic E-state index is -0.270. The van der Waals surface area contributed by atoms with Gasteiger partial charge in [-0.05, 0) is 72.3 Å². The van der Waals surface area contributed by atoms with Crippen molar-refractivity contribution >= 4 is 29.3 Å². The summed E-state index contributed by atoms with van der Waals surface area (Å²) in [5.41, 5.74) is 3.58. The predicted octanol–water partition coefficient (Wildman–Crippen LogP) is 5.24. The number of hydrogen-bond donors (Lipinski definition) is 1. The summed E-state index contributed by atoms with van der Waals surface area (Å²) in [6.45, 7) is 7.05. The molecular weight excluding hydrogens is 412 g/mol. The van der Waals surface area contributed by atoms with Crippen molar-refractivity contribution in [3.05, 3.63) is 54.6 Å². The summed E-state index contributed by atoms with van der Waals surface area (Å²) in [5, 5.41) is 7.56. The Labute approximate surface area is 193 Å². The normalized spacial score (nSPS) is 29.3. The van der Waals surface area contributed by atoms with Crippen LogP contribution >= 0.6 is 0 Å². The van der Waals surface area contributed by atoms with E-state index in [1.54, 1.807) is 12.4 Å². The topological polar surface area (TPSA) is 85.1 Å². The lowest BCUT2D eigenvalue weighted by Gasteiger charge is -2.46. The van der Waals surface area contributed by atoms with Gasteiger partial charge in [-0.3, -0.25) is 4.79 Å². The molecule has 6 rings (SSSR count). The van der Waals surface area contributed by atoms with Gasteiger partial charge in [0.1, 0.15) is 5.69 Å². The number of aliphatic imine (C=N–C) groups is 1. The molecule has 33 heavy (non-hydrogen) atoms. The molecule has 1 aliphatic heterocycles. The monoisotopic (exact) mass is 440 g/mol. The van der Waals surface area contributed by atoms with Gasteiger partial charge in [-0.2, -0.15) is 5.10 Å². The molecule has 4 unspecified atom stereocenters. The summed E-state index contributed by atoms with van der Waals surface area (Å²) in [6, 6.07) is 9.82. The van der Waals surface area contributed by atoms with Crippen molar-refractivity contribution in [2.75, 3.05) is 5.32 Å². The lowest BCUT2D eigenvalue weighted by molar-refractivity contribution is -0.118. The first-order valence-corrected chi connectivity index (χ1v) is 11.7. The minimum absolute atomic E-state index is 0.0718. The average Bonchev–Trinajstić information content (AvgIpc) is 3.50. The third kappa shape index (κ3) is 3.13. The lowest BCUT2D eigenvalue weighted by atomic mass is 9.57. The van der Waals surface area contributed by atoms with E-state index in [4.69, 9.17) is 4.98 Å².